The van der Waals surface area contributed by atoms with Crippen molar-refractivity contribution in [3.05, 3.63) is 60.7 Å². The second-order valence-corrected chi connectivity index (χ2v) is 8.55. The number of carbonyl (C=O) groups is 2. The third-order valence-electron chi connectivity index (χ3n) is 5.25. The molecule has 2 heterocycles. The molecule has 14 nitrogen and oxygen atoms in total. The normalized spacial score (nSPS) is 15.5. The van der Waals surface area contributed by atoms with Gasteiger partial charge in [0.15, 0.2) is 12.2 Å². The molecule has 0 amide bonds. The molecule has 222 valence electrons. The van der Waals surface area contributed by atoms with Gasteiger partial charge >= 0.3 is 11.9 Å². The van der Waals surface area contributed by atoms with Crippen LogP contribution in [0.2, 0.25) is 0 Å². The Labute approximate surface area is 233 Å². The molecule has 0 spiro atoms. The van der Waals surface area contributed by atoms with Crippen LogP contribution in [0.5, 0.6) is 0 Å². The number of aliphatic carboxylic acids is 2. The van der Waals surface area contributed by atoms with Gasteiger partial charge < -0.3 is 41.3 Å². The lowest BCUT2D eigenvalue weighted by molar-refractivity contribution is -0.172. The summed E-state index contributed by atoms with van der Waals surface area (Å²) < 4.78 is 0. The smallest absolute Gasteiger partial charge is 0.335 e. The molecule has 0 saturated carbocycles. The standard InChI is InChI=1S/2C10H15N3.C6H10O8/c2*1-9(11-2)4-3-5-10-6-12-8-13-7-10;7-1(3(9)5(11)12)2(8)4(10)6(13)14/h2*3,5-9,11H,4H2,1-2H3;1-4,7-10H,(H,11,12)(H,13,14)/b2*5-3+;/t;;1-,2+,3+,4-. The van der Waals surface area contributed by atoms with Crippen molar-refractivity contribution in [2.75, 3.05) is 14.1 Å². The lowest BCUT2D eigenvalue weighted by Gasteiger charge is -2.21. The van der Waals surface area contributed by atoms with E-state index in [2.05, 4.69) is 56.6 Å². The molecule has 0 radical (unpaired) electrons. The number of aromatic nitrogens is 4. The van der Waals surface area contributed by atoms with Crippen molar-refractivity contribution < 1.29 is 40.2 Å². The summed E-state index contributed by atoms with van der Waals surface area (Å²) >= 11 is 0. The third kappa shape index (κ3) is 16.3. The summed E-state index contributed by atoms with van der Waals surface area (Å²) in [7, 11) is 3.92. The van der Waals surface area contributed by atoms with Gasteiger partial charge in [-0.3, -0.25) is 0 Å². The fourth-order valence-corrected chi connectivity index (χ4v) is 2.51. The molecule has 2 aromatic heterocycles. The maximum Gasteiger partial charge on any atom is 0.335 e. The maximum atomic E-state index is 10.1. The van der Waals surface area contributed by atoms with Gasteiger partial charge in [0.25, 0.3) is 0 Å². The van der Waals surface area contributed by atoms with Crippen LogP contribution in [0, 0.1) is 0 Å². The molecule has 14 heteroatoms. The van der Waals surface area contributed by atoms with E-state index in [-0.39, 0.29) is 0 Å². The van der Waals surface area contributed by atoms with Crippen molar-refractivity contribution in [1.29, 1.82) is 0 Å². The molecule has 6 atom stereocenters. The van der Waals surface area contributed by atoms with Crippen molar-refractivity contribution in [3.63, 3.8) is 0 Å². The highest BCUT2D eigenvalue weighted by Crippen LogP contribution is 2.05. The first kappa shape index (κ1) is 36.3. The van der Waals surface area contributed by atoms with Crippen LogP contribution in [0.4, 0.5) is 0 Å². The van der Waals surface area contributed by atoms with E-state index in [0.29, 0.717) is 12.1 Å². The summed E-state index contributed by atoms with van der Waals surface area (Å²) in [6.45, 7) is 4.29. The molecule has 2 unspecified atom stereocenters. The van der Waals surface area contributed by atoms with E-state index in [9.17, 15) is 9.59 Å². The van der Waals surface area contributed by atoms with Crippen molar-refractivity contribution in [2.24, 2.45) is 0 Å². The third-order valence-corrected chi connectivity index (χ3v) is 5.25. The number of aliphatic hydroxyl groups excluding tert-OH is 4. The zero-order valence-electron chi connectivity index (χ0n) is 22.9. The summed E-state index contributed by atoms with van der Waals surface area (Å²) in [5, 5.41) is 57.8. The lowest BCUT2D eigenvalue weighted by Crippen LogP contribution is -2.49. The van der Waals surface area contributed by atoms with Crippen molar-refractivity contribution in [1.82, 2.24) is 30.6 Å². The lowest BCUT2D eigenvalue weighted by atomic mass is 10.0. The second kappa shape index (κ2) is 21.2. The van der Waals surface area contributed by atoms with Crippen molar-refractivity contribution in [3.8, 4) is 0 Å². The summed E-state index contributed by atoms with van der Waals surface area (Å²) in [5.74, 6) is -3.68. The van der Waals surface area contributed by atoms with Crippen LogP contribution in [0.1, 0.15) is 37.8 Å². The Hall–Kier alpha value is -3.66. The molecule has 0 aliphatic heterocycles. The first-order valence-corrected chi connectivity index (χ1v) is 12.3. The quantitative estimate of drug-likeness (QED) is 0.154. The zero-order chi connectivity index (χ0) is 30.5. The van der Waals surface area contributed by atoms with Gasteiger partial charge in [-0.1, -0.05) is 24.3 Å². The zero-order valence-corrected chi connectivity index (χ0v) is 22.9. The van der Waals surface area contributed by atoms with Crippen LogP contribution in [-0.4, -0.2) is 113 Å². The van der Waals surface area contributed by atoms with Gasteiger partial charge in [-0.05, 0) is 40.8 Å². The molecular weight excluding hydrogens is 524 g/mol. The number of hydrogen-bond acceptors (Lipinski definition) is 12. The average Bonchev–Trinajstić information content (AvgIpc) is 2.97. The monoisotopic (exact) mass is 564 g/mol. The van der Waals surface area contributed by atoms with Gasteiger partial charge in [0, 0.05) is 48.0 Å². The van der Waals surface area contributed by atoms with E-state index in [1.807, 2.05) is 26.2 Å². The highest BCUT2D eigenvalue weighted by Gasteiger charge is 2.37. The molecule has 2 rings (SSSR count). The van der Waals surface area contributed by atoms with Gasteiger partial charge in [0.05, 0.1) is 0 Å². The number of nitrogens with one attached hydrogen (secondary N) is 2. The number of carboxylic acids is 2. The van der Waals surface area contributed by atoms with E-state index in [0.717, 1.165) is 24.0 Å². The molecule has 0 aliphatic rings. The fourth-order valence-electron chi connectivity index (χ4n) is 2.51. The first-order chi connectivity index (χ1) is 18.9. The number of nitrogens with zero attached hydrogens (tertiary/aromatic N) is 4. The largest absolute Gasteiger partial charge is 0.479 e. The number of carboxylic acid groups (broad SMARTS) is 2. The van der Waals surface area contributed by atoms with Crippen LogP contribution in [0.25, 0.3) is 12.2 Å². The Balaban J connectivity index is 0.000000571. The fraction of sp³-hybridized carbons (Fsp3) is 0.462. The molecule has 0 saturated heterocycles. The minimum Gasteiger partial charge on any atom is -0.479 e. The Kier molecular flexibility index (Phi) is 19.3. The molecule has 2 aromatic rings. The Morgan fingerprint density at radius 1 is 0.700 bits per heavy atom. The number of rotatable bonds is 13. The van der Waals surface area contributed by atoms with E-state index < -0.39 is 36.4 Å². The van der Waals surface area contributed by atoms with Crippen LogP contribution in [0.3, 0.4) is 0 Å². The van der Waals surface area contributed by atoms with E-state index >= 15 is 0 Å². The highest BCUT2D eigenvalue weighted by molar-refractivity contribution is 5.75. The van der Waals surface area contributed by atoms with Crippen molar-refractivity contribution >= 4 is 24.1 Å². The first-order valence-electron chi connectivity index (χ1n) is 12.3. The van der Waals surface area contributed by atoms with E-state index in [1.54, 1.807) is 24.8 Å². The van der Waals surface area contributed by atoms with Crippen LogP contribution >= 0.6 is 0 Å². The van der Waals surface area contributed by atoms with E-state index in [1.165, 1.54) is 12.7 Å². The highest BCUT2D eigenvalue weighted by atomic mass is 16.4. The summed E-state index contributed by atoms with van der Waals surface area (Å²) in [6.07, 6.45) is 11.3. The Bertz CT molecular complexity index is 931. The maximum absolute atomic E-state index is 10.1. The molecular formula is C26H40N6O8. The molecule has 0 aromatic carbocycles. The van der Waals surface area contributed by atoms with Crippen LogP contribution < -0.4 is 10.6 Å². The predicted molar refractivity (Wildman–Crippen MR) is 148 cm³/mol. The molecule has 0 fully saturated rings. The van der Waals surface area contributed by atoms with Gasteiger partial charge in [-0.15, -0.1) is 0 Å². The topological polar surface area (TPSA) is 231 Å². The number of hydrogen-bond donors (Lipinski definition) is 8. The Morgan fingerprint density at radius 3 is 1.25 bits per heavy atom. The molecule has 0 aliphatic carbocycles. The van der Waals surface area contributed by atoms with Gasteiger partial charge in [0.1, 0.15) is 24.9 Å². The SMILES string of the molecule is CNC(C)C/C=C/c1cncnc1.CNC(C)C/C=C/c1cncnc1.O=C(O)[C@@H](O)[C@H](O)[C@H](O)[C@@H](O)C(=O)O. The Morgan fingerprint density at radius 2 is 1.00 bits per heavy atom. The minimum absolute atomic E-state index is 0.515. The molecule has 8 N–H and O–H groups in total. The summed E-state index contributed by atoms with van der Waals surface area (Å²) in [5.41, 5.74) is 2.09. The molecule has 0 bridgehead atoms. The van der Waals surface area contributed by atoms with Gasteiger partial charge in [-0.2, -0.15) is 0 Å². The van der Waals surface area contributed by atoms with Crippen molar-refractivity contribution in [2.45, 2.75) is 63.2 Å². The van der Waals surface area contributed by atoms with E-state index in [4.69, 9.17) is 30.6 Å². The minimum atomic E-state index is -2.36. The second-order valence-electron chi connectivity index (χ2n) is 8.55. The average molecular weight is 565 g/mol. The number of aliphatic hydroxyl groups is 4. The van der Waals surface area contributed by atoms with Gasteiger partial charge in [-0.25, -0.2) is 29.5 Å². The summed E-state index contributed by atoms with van der Waals surface area (Å²) in [6, 6.07) is 1.03. The van der Waals surface area contributed by atoms with Gasteiger partial charge in [0.2, 0.25) is 0 Å². The molecule has 40 heavy (non-hydrogen) atoms. The van der Waals surface area contributed by atoms with Crippen LogP contribution in [0.15, 0.2) is 49.6 Å². The predicted octanol–water partition coefficient (Wildman–Crippen LogP) is -0.425. The summed E-state index contributed by atoms with van der Waals surface area (Å²) in [4.78, 5) is 35.9. The van der Waals surface area contributed by atoms with Crippen LogP contribution in [-0.2, 0) is 9.59 Å².